The number of fused-ring (bicyclic) bond motifs is 1. The Morgan fingerprint density at radius 3 is 2.50 bits per heavy atom. The van der Waals surface area contributed by atoms with Crippen LogP contribution in [0.4, 0.5) is 0 Å². The molecule has 5 nitrogen and oxygen atoms in total. The fourth-order valence-corrected chi connectivity index (χ4v) is 1.98. The zero-order valence-corrected chi connectivity index (χ0v) is 8.60. The largest absolute Gasteiger partial charge is 0.394 e. The summed E-state index contributed by atoms with van der Waals surface area (Å²) in [6.07, 6.45) is -1.28. The molecule has 0 aromatic rings. The van der Waals surface area contributed by atoms with Gasteiger partial charge in [-0.2, -0.15) is 0 Å². The average Bonchev–Trinajstić information content (AvgIpc) is 2.57. The third-order valence-corrected chi connectivity index (χ3v) is 2.52. The van der Waals surface area contributed by atoms with Crippen molar-refractivity contribution in [3.8, 4) is 0 Å². The minimum atomic E-state index is -0.622. The zero-order chi connectivity index (χ0) is 10.3. The molecule has 2 rings (SSSR count). The van der Waals surface area contributed by atoms with Gasteiger partial charge in [0.25, 0.3) is 0 Å². The van der Waals surface area contributed by atoms with E-state index in [1.54, 1.807) is 7.11 Å². The molecule has 0 bridgehead atoms. The highest BCUT2D eigenvalue weighted by molar-refractivity contribution is 4.94. The molecule has 14 heavy (non-hydrogen) atoms. The number of aliphatic hydroxyl groups is 1. The molecule has 0 aromatic carbocycles. The summed E-state index contributed by atoms with van der Waals surface area (Å²) in [5.74, 6) is -0.622. The molecule has 0 saturated carbocycles. The van der Waals surface area contributed by atoms with E-state index in [0.29, 0.717) is 0 Å². The highest BCUT2D eigenvalue weighted by Crippen LogP contribution is 2.38. The number of hydrogen-bond acceptors (Lipinski definition) is 5. The van der Waals surface area contributed by atoms with Crippen LogP contribution in [0.1, 0.15) is 13.8 Å². The minimum absolute atomic E-state index is 0.0829. The first kappa shape index (κ1) is 10.3. The summed E-state index contributed by atoms with van der Waals surface area (Å²) in [5, 5.41) is 9.08. The summed E-state index contributed by atoms with van der Waals surface area (Å²) in [7, 11) is 1.55. The highest BCUT2D eigenvalue weighted by Gasteiger charge is 2.55. The maximum absolute atomic E-state index is 9.08. The number of rotatable bonds is 2. The van der Waals surface area contributed by atoms with Crippen LogP contribution in [0.3, 0.4) is 0 Å². The molecule has 0 aliphatic carbocycles. The summed E-state index contributed by atoms with van der Waals surface area (Å²) in [6.45, 7) is 3.60. The van der Waals surface area contributed by atoms with Crippen LogP contribution in [-0.4, -0.2) is 49.2 Å². The predicted molar refractivity (Wildman–Crippen MR) is 46.6 cm³/mol. The van der Waals surface area contributed by atoms with Gasteiger partial charge in [0.1, 0.15) is 18.3 Å². The van der Waals surface area contributed by atoms with Gasteiger partial charge in [0.05, 0.1) is 6.61 Å². The van der Waals surface area contributed by atoms with E-state index in [0.717, 1.165) is 0 Å². The normalized spacial score (nSPS) is 45.4. The molecule has 2 aliphatic rings. The Bertz CT molecular complexity index is 197. The van der Waals surface area contributed by atoms with Crippen molar-refractivity contribution >= 4 is 0 Å². The van der Waals surface area contributed by atoms with E-state index in [-0.39, 0.29) is 24.9 Å². The maximum atomic E-state index is 9.08. The van der Waals surface area contributed by atoms with Gasteiger partial charge in [0.2, 0.25) is 0 Å². The number of aliphatic hydroxyl groups excluding tert-OH is 1. The van der Waals surface area contributed by atoms with Crippen molar-refractivity contribution < 1.29 is 24.1 Å². The van der Waals surface area contributed by atoms with Crippen LogP contribution in [0, 0.1) is 0 Å². The monoisotopic (exact) mass is 204 g/mol. The summed E-state index contributed by atoms with van der Waals surface area (Å²) in [6, 6.07) is 0. The Labute approximate surface area is 82.9 Å². The second kappa shape index (κ2) is 3.43. The molecular weight excluding hydrogens is 188 g/mol. The molecule has 1 N–H and O–H groups in total. The van der Waals surface area contributed by atoms with Crippen molar-refractivity contribution in [1.29, 1.82) is 0 Å². The third kappa shape index (κ3) is 1.55. The minimum Gasteiger partial charge on any atom is -0.394 e. The lowest BCUT2D eigenvalue weighted by Gasteiger charge is -2.22. The number of hydrogen-bond donors (Lipinski definition) is 1. The first-order chi connectivity index (χ1) is 6.57. The van der Waals surface area contributed by atoms with Crippen molar-refractivity contribution in [3.63, 3.8) is 0 Å². The predicted octanol–water partition coefficient (Wildman–Crippen LogP) is -0.130. The van der Waals surface area contributed by atoms with Crippen molar-refractivity contribution in [3.05, 3.63) is 0 Å². The highest BCUT2D eigenvalue weighted by atomic mass is 16.8. The third-order valence-electron chi connectivity index (χ3n) is 2.52. The van der Waals surface area contributed by atoms with Crippen molar-refractivity contribution in [2.24, 2.45) is 0 Å². The van der Waals surface area contributed by atoms with Crippen LogP contribution in [0.2, 0.25) is 0 Å². The SMILES string of the molecule is CO[C@@H]1O[C@@H](CO)[C@@H]2OC(C)(C)O[C@@H]12. The van der Waals surface area contributed by atoms with E-state index < -0.39 is 12.1 Å². The lowest BCUT2D eigenvalue weighted by atomic mass is 10.1. The Hall–Kier alpha value is -0.200. The molecule has 2 saturated heterocycles. The van der Waals surface area contributed by atoms with E-state index >= 15 is 0 Å². The molecule has 82 valence electrons. The summed E-state index contributed by atoms with van der Waals surface area (Å²) in [5.41, 5.74) is 0. The van der Waals surface area contributed by atoms with Gasteiger partial charge in [-0.3, -0.25) is 0 Å². The second-order valence-electron chi connectivity index (χ2n) is 4.03. The average molecular weight is 204 g/mol. The van der Waals surface area contributed by atoms with E-state index in [9.17, 15) is 0 Å². The molecule has 5 heteroatoms. The lowest BCUT2D eigenvalue weighted by Crippen LogP contribution is -2.31. The van der Waals surface area contributed by atoms with Gasteiger partial charge in [0.15, 0.2) is 12.1 Å². The Morgan fingerprint density at radius 2 is 1.93 bits per heavy atom. The van der Waals surface area contributed by atoms with Gasteiger partial charge in [-0.15, -0.1) is 0 Å². The molecule has 0 unspecified atom stereocenters. The van der Waals surface area contributed by atoms with E-state index in [1.807, 2.05) is 13.8 Å². The molecule has 0 aromatic heterocycles. The first-order valence-corrected chi connectivity index (χ1v) is 4.72. The van der Waals surface area contributed by atoms with Gasteiger partial charge in [-0.25, -0.2) is 0 Å². The molecule has 2 heterocycles. The van der Waals surface area contributed by atoms with Gasteiger partial charge in [-0.1, -0.05) is 0 Å². The van der Waals surface area contributed by atoms with Crippen LogP contribution in [0.15, 0.2) is 0 Å². The molecule has 2 aliphatic heterocycles. The molecule has 0 amide bonds. The quantitative estimate of drug-likeness (QED) is 0.679. The van der Waals surface area contributed by atoms with E-state index in [2.05, 4.69) is 0 Å². The Kier molecular flexibility index (Phi) is 2.53. The van der Waals surface area contributed by atoms with Crippen LogP contribution >= 0.6 is 0 Å². The summed E-state index contributed by atoms with van der Waals surface area (Å²) < 4.78 is 21.8. The molecule has 0 radical (unpaired) electrons. The Balaban J connectivity index is 2.12. The smallest absolute Gasteiger partial charge is 0.186 e. The number of methoxy groups -OCH3 is 1. The molecular formula is C9H16O5. The first-order valence-electron chi connectivity index (χ1n) is 4.72. The van der Waals surface area contributed by atoms with Crippen molar-refractivity contribution in [2.45, 2.75) is 44.2 Å². The zero-order valence-electron chi connectivity index (χ0n) is 8.60. The van der Waals surface area contributed by atoms with E-state index in [4.69, 9.17) is 24.1 Å². The lowest BCUT2D eigenvalue weighted by molar-refractivity contribution is -0.230. The van der Waals surface area contributed by atoms with Crippen LogP contribution in [0.25, 0.3) is 0 Å². The maximum Gasteiger partial charge on any atom is 0.186 e. The van der Waals surface area contributed by atoms with Crippen molar-refractivity contribution in [1.82, 2.24) is 0 Å². The van der Waals surface area contributed by atoms with Gasteiger partial charge >= 0.3 is 0 Å². The second-order valence-corrected chi connectivity index (χ2v) is 4.03. The fourth-order valence-electron chi connectivity index (χ4n) is 1.98. The van der Waals surface area contributed by atoms with Gasteiger partial charge < -0.3 is 24.1 Å². The number of ether oxygens (including phenoxy) is 4. The summed E-state index contributed by atoms with van der Waals surface area (Å²) in [4.78, 5) is 0. The molecule has 4 atom stereocenters. The fraction of sp³-hybridized carbons (Fsp3) is 1.00. The Morgan fingerprint density at radius 1 is 1.29 bits per heavy atom. The van der Waals surface area contributed by atoms with Crippen LogP contribution in [-0.2, 0) is 18.9 Å². The molecule has 2 fully saturated rings. The van der Waals surface area contributed by atoms with Crippen molar-refractivity contribution in [2.75, 3.05) is 13.7 Å². The van der Waals surface area contributed by atoms with Crippen LogP contribution < -0.4 is 0 Å². The van der Waals surface area contributed by atoms with Crippen LogP contribution in [0.5, 0.6) is 0 Å². The van der Waals surface area contributed by atoms with E-state index in [1.165, 1.54) is 0 Å². The molecule has 0 spiro atoms. The van der Waals surface area contributed by atoms with Gasteiger partial charge in [-0.05, 0) is 13.8 Å². The standard InChI is InChI=1S/C9H16O5/c1-9(2)13-6-5(4-10)12-8(11-3)7(6)14-9/h5-8,10H,4H2,1-3H3/t5-,6-,7+,8+/m0/s1. The summed E-state index contributed by atoms with van der Waals surface area (Å²) >= 11 is 0. The van der Waals surface area contributed by atoms with Gasteiger partial charge in [0, 0.05) is 7.11 Å². The topological polar surface area (TPSA) is 57.2 Å².